The van der Waals surface area contributed by atoms with E-state index in [1.165, 1.54) is 77.0 Å². The number of hydrogen-bond donors (Lipinski definition) is 1. The van der Waals surface area contributed by atoms with Gasteiger partial charge in [0.25, 0.3) is 10.1 Å². The Balaban J connectivity index is 1.68. The Hall–Kier alpha value is -1.65. The predicted molar refractivity (Wildman–Crippen MR) is 136 cm³/mol. The highest BCUT2D eigenvalue weighted by atomic mass is 32.2. The highest BCUT2D eigenvalue weighted by Gasteiger charge is 2.20. The molecule has 2 aromatic rings. The summed E-state index contributed by atoms with van der Waals surface area (Å²) in [7, 11) is -4.28. The zero-order valence-electron chi connectivity index (χ0n) is 19.9. The minimum absolute atomic E-state index is 0.0703. The predicted octanol–water partition coefficient (Wildman–Crippen LogP) is 8.62. The molecule has 0 unspecified atom stereocenters. The van der Waals surface area contributed by atoms with Crippen LogP contribution in [0.4, 0.5) is 0 Å². The SMILES string of the molecule is CCCCCCCCCCCCCCCCc1cccc(-c2ccccc2)c1S(=O)(=O)O. The number of rotatable bonds is 17. The van der Waals surface area contributed by atoms with Crippen LogP contribution in [0.5, 0.6) is 0 Å². The van der Waals surface area contributed by atoms with Gasteiger partial charge >= 0.3 is 0 Å². The van der Waals surface area contributed by atoms with Gasteiger partial charge in [0.2, 0.25) is 0 Å². The summed E-state index contributed by atoms with van der Waals surface area (Å²) in [5.74, 6) is 0. The average molecular weight is 459 g/mol. The van der Waals surface area contributed by atoms with E-state index in [0.717, 1.165) is 18.4 Å². The first kappa shape index (κ1) is 26.6. The summed E-state index contributed by atoms with van der Waals surface area (Å²) in [5, 5.41) is 0. The molecule has 2 rings (SSSR count). The molecule has 178 valence electrons. The van der Waals surface area contributed by atoms with E-state index in [0.29, 0.717) is 17.5 Å². The van der Waals surface area contributed by atoms with Crippen molar-refractivity contribution in [2.75, 3.05) is 0 Å². The van der Waals surface area contributed by atoms with E-state index in [4.69, 9.17) is 0 Å². The van der Waals surface area contributed by atoms with Crippen molar-refractivity contribution in [3.8, 4) is 11.1 Å². The van der Waals surface area contributed by atoms with Crippen molar-refractivity contribution in [3.63, 3.8) is 0 Å². The fourth-order valence-electron chi connectivity index (χ4n) is 4.44. The zero-order chi connectivity index (χ0) is 23.1. The van der Waals surface area contributed by atoms with Crippen molar-refractivity contribution < 1.29 is 13.0 Å². The Kier molecular flexibility index (Phi) is 12.7. The summed E-state index contributed by atoms with van der Waals surface area (Å²) in [6, 6.07) is 14.9. The second-order valence-corrected chi connectivity index (χ2v) is 10.3. The smallest absolute Gasteiger partial charge is 0.282 e. The first-order chi connectivity index (χ1) is 15.5. The van der Waals surface area contributed by atoms with Gasteiger partial charge in [-0.3, -0.25) is 4.55 Å². The normalized spacial score (nSPS) is 11.7. The Bertz CT molecular complexity index is 860. The molecular formula is C28H42O3S. The minimum Gasteiger partial charge on any atom is -0.282 e. The van der Waals surface area contributed by atoms with Crippen LogP contribution in [-0.2, 0) is 16.5 Å². The van der Waals surface area contributed by atoms with Crippen LogP contribution in [0.15, 0.2) is 53.4 Å². The maximum atomic E-state index is 12.2. The van der Waals surface area contributed by atoms with E-state index in [1.54, 1.807) is 6.07 Å². The van der Waals surface area contributed by atoms with Gasteiger partial charge in [-0.1, -0.05) is 139 Å². The van der Waals surface area contributed by atoms with Gasteiger partial charge in [-0.25, -0.2) is 0 Å². The molecule has 0 aliphatic carbocycles. The molecule has 0 saturated heterocycles. The lowest BCUT2D eigenvalue weighted by atomic mass is 9.99. The van der Waals surface area contributed by atoms with Crippen molar-refractivity contribution in [2.24, 2.45) is 0 Å². The molecule has 0 bridgehead atoms. The van der Waals surface area contributed by atoms with Gasteiger partial charge < -0.3 is 0 Å². The van der Waals surface area contributed by atoms with Crippen LogP contribution in [-0.4, -0.2) is 13.0 Å². The molecule has 0 radical (unpaired) electrons. The summed E-state index contributed by atoms with van der Waals surface area (Å²) < 4.78 is 34.2. The van der Waals surface area contributed by atoms with Gasteiger partial charge in [-0.15, -0.1) is 0 Å². The first-order valence-corrected chi connectivity index (χ1v) is 14.1. The number of benzene rings is 2. The molecule has 2 aromatic carbocycles. The van der Waals surface area contributed by atoms with E-state index in [9.17, 15) is 13.0 Å². The second-order valence-electron chi connectivity index (χ2n) is 8.98. The maximum Gasteiger partial charge on any atom is 0.295 e. The van der Waals surface area contributed by atoms with Crippen molar-refractivity contribution >= 4 is 10.1 Å². The first-order valence-electron chi connectivity index (χ1n) is 12.7. The highest BCUT2D eigenvalue weighted by Crippen LogP contribution is 2.31. The van der Waals surface area contributed by atoms with Crippen LogP contribution in [0.3, 0.4) is 0 Å². The standard InChI is InChI=1S/C28H42O3S/c1-2-3-4-5-6-7-8-9-10-11-12-13-14-16-22-26-23-19-24-27(28(26)32(29,30)31)25-20-17-15-18-21-25/h15,17-21,23-24H,2-14,16,22H2,1H3,(H,29,30,31). The Morgan fingerprint density at radius 3 is 1.62 bits per heavy atom. The molecule has 1 N–H and O–H groups in total. The van der Waals surface area contributed by atoms with Crippen LogP contribution in [0.1, 0.15) is 102 Å². The molecule has 0 spiro atoms. The van der Waals surface area contributed by atoms with E-state index >= 15 is 0 Å². The summed E-state index contributed by atoms with van der Waals surface area (Å²) in [6.45, 7) is 2.26. The Labute approximate surface area is 196 Å². The van der Waals surface area contributed by atoms with Crippen LogP contribution in [0.25, 0.3) is 11.1 Å². The largest absolute Gasteiger partial charge is 0.295 e. The van der Waals surface area contributed by atoms with E-state index in [-0.39, 0.29) is 4.90 Å². The number of hydrogen-bond acceptors (Lipinski definition) is 2. The van der Waals surface area contributed by atoms with Gasteiger partial charge in [0.15, 0.2) is 0 Å². The lowest BCUT2D eigenvalue weighted by molar-refractivity contribution is 0.482. The van der Waals surface area contributed by atoms with Crippen molar-refractivity contribution in [2.45, 2.75) is 108 Å². The summed E-state index contributed by atoms with van der Waals surface area (Å²) in [4.78, 5) is 0.0703. The topological polar surface area (TPSA) is 54.4 Å². The zero-order valence-corrected chi connectivity index (χ0v) is 20.7. The molecule has 3 nitrogen and oxygen atoms in total. The van der Waals surface area contributed by atoms with Crippen LogP contribution in [0.2, 0.25) is 0 Å². The third-order valence-corrected chi connectivity index (χ3v) is 7.24. The van der Waals surface area contributed by atoms with Gasteiger partial charge in [-0.05, 0) is 24.0 Å². The van der Waals surface area contributed by atoms with Crippen molar-refractivity contribution in [1.29, 1.82) is 0 Å². The van der Waals surface area contributed by atoms with Crippen LogP contribution < -0.4 is 0 Å². The average Bonchev–Trinajstić information content (AvgIpc) is 2.79. The summed E-state index contributed by atoms with van der Waals surface area (Å²) in [5.41, 5.74) is 2.10. The van der Waals surface area contributed by atoms with Crippen molar-refractivity contribution in [3.05, 3.63) is 54.1 Å². The molecule has 32 heavy (non-hydrogen) atoms. The second kappa shape index (κ2) is 15.2. The third-order valence-electron chi connectivity index (χ3n) is 6.24. The van der Waals surface area contributed by atoms with Gasteiger partial charge in [0.05, 0.1) is 0 Å². The molecule has 0 aromatic heterocycles. The molecule has 0 amide bonds. The minimum atomic E-state index is -4.28. The van der Waals surface area contributed by atoms with E-state index in [1.807, 2.05) is 42.5 Å². The fraction of sp³-hybridized carbons (Fsp3) is 0.571. The lowest BCUT2D eigenvalue weighted by Gasteiger charge is -2.13. The molecule has 0 heterocycles. The van der Waals surface area contributed by atoms with Gasteiger partial charge in [0, 0.05) is 5.56 Å². The van der Waals surface area contributed by atoms with E-state index < -0.39 is 10.1 Å². The van der Waals surface area contributed by atoms with Crippen LogP contribution in [0, 0.1) is 0 Å². The molecular weight excluding hydrogens is 416 g/mol. The number of unbranched alkanes of at least 4 members (excludes halogenated alkanes) is 13. The third kappa shape index (κ3) is 9.87. The van der Waals surface area contributed by atoms with Crippen LogP contribution >= 0.6 is 0 Å². The Morgan fingerprint density at radius 2 is 1.12 bits per heavy atom. The van der Waals surface area contributed by atoms with Gasteiger partial charge in [0.1, 0.15) is 4.90 Å². The lowest BCUT2D eigenvalue weighted by Crippen LogP contribution is -2.06. The molecule has 0 fully saturated rings. The molecule has 0 atom stereocenters. The molecule has 4 heteroatoms. The molecule has 0 saturated carbocycles. The number of aryl methyl sites for hydroxylation is 1. The highest BCUT2D eigenvalue weighted by molar-refractivity contribution is 7.86. The summed E-state index contributed by atoms with van der Waals surface area (Å²) >= 11 is 0. The van der Waals surface area contributed by atoms with Gasteiger partial charge in [-0.2, -0.15) is 8.42 Å². The summed E-state index contributed by atoms with van der Waals surface area (Å²) in [6.07, 6.45) is 18.8. The monoisotopic (exact) mass is 458 g/mol. The fourth-order valence-corrected chi connectivity index (χ4v) is 5.41. The van der Waals surface area contributed by atoms with E-state index in [2.05, 4.69) is 6.92 Å². The molecule has 0 aliphatic heterocycles. The van der Waals surface area contributed by atoms with Crippen molar-refractivity contribution in [1.82, 2.24) is 0 Å². The molecule has 0 aliphatic rings. The quantitative estimate of drug-likeness (QED) is 0.191. The maximum absolute atomic E-state index is 12.2. The Morgan fingerprint density at radius 1 is 0.625 bits per heavy atom.